The van der Waals surface area contributed by atoms with E-state index in [1.54, 1.807) is 18.2 Å². The Morgan fingerprint density at radius 1 is 1.30 bits per heavy atom. The van der Waals surface area contributed by atoms with E-state index in [9.17, 15) is 0 Å². The smallest absolute Gasteiger partial charge is 0.0583 e. The molecule has 1 nitrogen and oxygen atoms in total. The van der Waals surface area contributed by atoms with E-state index < -0.39 is 0 Å². The van der Waals surface area contributed by atoms with Crippen molar-refractivity contribution in [1.29, 1.82) is 0 Å². The first kappa shape index (κ1) is 7.58. The van der Waals surface area contributed by atoms with Gasteiger partial charge in [-0.15, -0.1) is 0 Å². The quantitative estimate of drug-likeness (QED) is 0.581. The van der Waals surface area contributed by atoms with Gasteiger partial charge in [-0.3, -0.25) is 0 Å². The van der Waals surface area contributed by atoms with E-state index in [4.69, 9.17) is 28.6 Å². The third-order valence-electron chi connectivity index (χ3n) is 1.10. The summed E-state index contributed by atoms with van der Waals surface area (Å²) in [5.74, 6) is 0. The van der Waals surface area contributed by atoms with Crippen molar-refractivity contribution in [2.75, 3.05) is 0 Å². The molecule has 0 heterocycles. The zero-order valence-corrected chi connectivity index (χ0v) is 6.52. The van der Waals surface area contributed by atoms with Crippen LogP contribution < -0.4 is 5.41 Å². The van der Waals surface area contributed by atoms with E-state index in [0.29, 0.717) is 15.6 Å². The average molecular weight is 173 g/mol. The summed E-state index contributed by atoms with van der Waals surface area (Å²) in [6, 6.07) is 4.88. The molecule has 0 saturated carbocycles. The van der Waals surface area contributed by atoms with E-state index in [1.807, 2.05) is 0 Å². The zero-order chi connectivity index (χ0) is 7.56. The molecule has 1 aromatic rings. The summed E-state index contributed by atoms with van der Waals surface area (Å²) in [5, 5.41) is 9.58. The highest BCUT2D eigenvalue weighted by Crippen LogP contribution is 2.18. The molecule has 0 spiro atoms. The molecule has 1 rings (SSSR count). The van der Waals surface area contributed by atoms with Crippen LogP contribution in [0.5, 0.6) is 0 Å². The van der Waals surface area contributed by atoms with E-state index in [2.05, 4.69) is 0 Å². The van der Waals surface area contributed by atoms with Crippen molar-refractivity contribution in [3.8, 4) is 0 Å². The number of rotatable bonds is 1. The normalized spacial score (nSPS) is 9.40. The SMILES string of the molecule is [N]=Cc1ccc(Cl)cc1Cl. The molecule has 0 bridgehead atoms. The molecule has 0 atom stereocenters. The minimum atomic E-state index is 0.454. The van der Waals surface area contributed by atoms with E-state index >= 15 is 0 Å². The maximum absolute atomic E-state index is 8.56. The van der Waals surface area contributed by atoms with Crippen LogP contribution in [0.2, 0.25) is 10.0 Å². The second kappa shape index (κ2) is 3.04. The van der Waals surface area contributed by atoms with Crippen LogP contribution in [0.1, 0.15) is 5.56 Å². The highest BCUT2D eigenvalue weighted by atomic mass is 35.5. The Labute approximate surface area is 69.1 Å². The monoisotopic (exact) mass is 172 g/mol. The minimum absolute atomic E-state index is 0.454. The second-order valence-electron chi connectivity index (χ2n) is 1.79. The first-order valence-electron chi connectivity index (χ1n) is 2.66. The molecule has 51 valence electrons. The predicted molar refractivity (Wildman–Crippen MR) is 43.8 cm³/mol. The number of hydrogen-bond donors (Lipinski definition) is 0. The Balaban J connectivity index is 3.19. The summed E-state index contributed by atoms with van der Waals surface area (Å²) in [4.78, 5) is 0. The van der Waals surface area contributed by atoms with Gasteiger partial charge in [0.05, 0.1) is 11.2 Å². The third kappa shape index (κ3) is 1.49. The Morgan fingerprint density at radius 2 is 2.00 bits per heavy atom. The molecule has 0 fully saturated rings. The van der Waals surface area contributed by atoms with Gasteiger partial charge in [-0.2, -0.15) is 5.41 Å². The van der Waals surface area contributed by atoms with E-state index in [1.165, 1.54) is 0 Å². The van der Waals surface area contributed by atoms with Crippen LogP contribution in [0.15, 0.2) is 18.2 Å². The highest BCUT2D eigenvalue weighted by molar-refractivity contribution is 6.36. The number of nitrogens with zero attached hydrogens (tertiary/aromatic N) is 1. The van der Waals surface area contributed by atoms with Gasteiger partial charge in [0, 0.05) is 10.6 Å². The van der Waals surface area contributed by atoms with Gasteiger partial charge in [0.2, 0.25) is 0 Å². The summed E-state index contributed by atoms with van der Waals surface area (Å²) in [6.07, 6.45) is 0.943. The molecule has 0 saturated heterocycles. The first-order chi connectivity index (χ1) is 4.74. The third-order valence-corrected chi connectivity index (χ3v) is 1.66. The standard InChI is InChI=1S/C7H4Cl2N/c8-6-2-1-5(4-10)7(9)3-6/h1-4H. The molecule has 0 aromatic heterocycles. The van der Waals surface area contributed by atoms with Gasteiger partial charge in [-0.25, -0.2) is 0 Å². The maximum atomic E-state index is 8.56. The minimum Gasteiger partial charge on any atom is -0.158 e. The van der Waals surface area contributed by atoms with E-state index in [-0.39, 0.29) is 0 Å². The molecule has 1 aromatic carbocycles. The first-order valence-corrected chi connectivity index (χ1v) is 3.42. The van der Waals surface area contributed by atoms with Gasteiger partial charge >= 0.3 is 0 Å². The Bertz CT molecular complexity index is 258. The summed E-state index contributed by atoms with van der Waals surface area (Å²) < 4.78 is 0. The fourth-order valence-electron chi connectivity index (χ4n) is 0.606. The van der Waals surface area contributed by atoms with Crippen LogP contribution >= 0.6 is 23.2 Å². The summed E-state index contributed by atoms with van der Waals surface area (Å²) in [5.41, 5.74) is 0.575. The summed E-state index contributed by atoms with van der Waals surface area (Å²) in [6.45, 7) is 0. The molecule has 0 aliphatic carbocycles. The fourth-order valence-corrected chi connectivity index (χ4v) is 1.06. The summed E-state index contributed by atoms with van der Waals surface area (Å²) >= 11 is 11.2. The lowest BCUT2D eigenvalue weighted by Crippen LogP contribution is -1.81. The van der Waals surface area contributed by atoms with Crippen LogP contribution in [0, 0.1) is 0 Å². The van der Waals surface area contributed by atoms with Crippen molar-refractivity contribution in [2.45, 2.75) is 0 Å². The van der Waals surface area contributed by atoms with Gasteiger partial charge < -0.3 is 0 Å². The molecule has 0 aliphatic rings. The lowest BCUT2D eigenvalue weighted by Gasteiger charge is -1.94. The van der Waals surface area contributed by atoms with Crippen LogP contribution in [-0.2, 0) is 0 Å². The van der Waals surface area contributed by atoms with Crippen LogP contribution in [0.3, 0.4) is 0 Å². The predicted octanol–water partition coefficient (Wildman–Crippen LogP) is 2.21. The molecule has 0 amide bonds. The molecule has 10 heavy (non-hydrogen) atoms. The Hall–Kier alpha value is -0.530. The lowest BCUT2D eigenvalue weighted by molar-refractivity contribution is 1.66. The van der Waals surface area contributed by atoms with E-state index in [0.717, 1.165) is 6.21 Å². The van der Waals surface area contributed by atoms with Gasteiger partial charge in [-0.05, 0) is 12.1 Å². The molecule has 3 heteroatoms. The second-order valence-corrected chi connectivity index (χ2v) is 2.64. The number of benzene rings is 1. The topological polar surface area (TPSA) is 22.3 Å². The van der Waals surface area contributed by atoms with Crippen molar-refractivity contribution >= 4 is 29.4 Å². The maximum Gasteiger partial charge on any atom is 0.0583 e. The molecular weight excluding hydrogens is 169 g/mol. The van der Waals surface area contributed by atoms with Crippen LogP contribution in [-0.4, -0.2) is 6.21 Å². The van der Waals surface area contributed by atoms with Crippen molar-refractivity contribution in [3.63, 3.8) is 0 Å². The molecule has 1 radical (unpaired) electrons. The Kier molecular flexibility index (Phi) is 2.30. The number of hydrogen-bond acceptors (Lipinski definition) is 0. The molecule has 0 unspecified atom stereocenters. The van der Waals surface area contributed by atoms with Gasteiger partial charge in [0.25, 0.3) is 0 Å². The average Bonchev–Trinajstić information content (AvgIpc) is 1.88. The van der Waals surface area contributed by atoms with Gasteiger partial charge in [-0.1, -0.05) is 29.3 Å². The molecule has 0 aliphatic heterocycles. The lowest BCUT2D eigenvalue weighted by atomic mass is 10.2. The van der Waals surface area contributed by atoms with Crippen LogP contribution in [0.25, 0.3) is 0 Å². The highest BCUT2D eigenvalue weighted by Gasteiger charge is 1.96. The zero-order valence-electron chi connectivity index (χ0n) is 5.01. The Morgan fingerprint density at radius 3 is 2.50 bits per heavy atom. The van der Waals surface area contributed by atoms with Crippen molar-refractivity contribution in [3.05, 3.63) is 33.8 Å². The van der Waals surface area contributed by atoms with Crippen LogP contribution in [0.4, 0.5) is 0 Å². The van der Waals surface area contributed by atoms with Crippen molar-refractivity contribution < 1.29 is 0 Å². The fraction of sp³-hybridized carbons (Fsp3) is 0. The number of halogens is 2. The van der Waals surface area contributed by atoms with Gasteiger partial charge in [0.15, 0.2) is 0 Å². The molecule has 0 N–H and O–H groups in total. The van der Waals surface area contributed by atoms with Crippen molar-refractivity contribution in [2.24, 2.45) is 0 Å². The van der Waals surface area contributed by atoms with Crippen molar-refractivity contribution in [1.82, 2.24) is 5.41 Å². The van der Waals surface area contributed by atoms with Gasteiger partial charge in [0.1, 0.15) is 0 Å². The summed E-state index contributed by atoms with van der Waals surface area (Å²) in [7, 11) is 0. The molecular formula is C7H4Cl2N. The largest absolute Gasteiger partial charge is 0.158 e.